The standard InChI is InChI=1S/C19H27N3O2/c1-18-7-8-24-11-17(18)19(2,21-12-20-13-22(3)4)16-9-15(23)6-5-14(16)10-18/h5-6,9,12-13,17,23H,7-8,10-11H2,1-4H3/t17?,18-,19?/m0/s1. The van der Waals surface area contributed by atoms with Gasteiger partial charge in [0.15, 0.2) is 0 Å². The van der Waals surface area contributed by atoms with E-state index in [4.69, 9.17) is 9.73 Å². The minimum atomic E-state index is -0.453. The van der Waals surface area contributed by atoms with Gasteiger partial charge in [-0.15, -0.1) is 0 Å². The Hall–Kier alpha value is -1.88. The van der Waals surface area contributed by atoms with Crippen molar-refractivity contribution in [3.63, 3.8) is 0 Å². The maximum Gasteiger partial charge on any atom is 0.115 e. The molecule has 130 valence electrons. The fraction of sp³-hybridized carbons (Fsp3) is 0.579. The monoisotopic (exact) mass is 329 g/mol. The van der Waals surface area contributed by atoms with Crippen LogP contribution in [0, 0.1) is 11.3 Å². The number of nitrogens with zero attached hydrogens (tertiary/aromatic N) is 3. The number of fused-ring (bicyclic) bond motifs is 2. The van der Waals surface area contributed by atoms with Gasteiger partial charge in [0.25, 0.3) is 0 Å². The van der Waals surface area contributed by atoms with Crippen molar-refractivity contribution in [3.05, 3.63) is 29.3 Å². The molecule has 5 heteroatoms. The van der Waals surface area contributed by atoms with E-state index < -0.39 is 5.54 Å². The second kappa shape index (κ2) is 6.20. The zero-order chi connectivity index (χ0) is 17.4. The van der Waals surface area contributed by atoms with E-state index in [1.54, 1.807) is 18.7 Å². The maximum absolute atomic E-state index is 10.0. The van der Waals surface area contributed by atoms with Gasteiger partial charge < -0.3 is 14.7 Å². The molecule has 1 fully saturated rings. The van der Waals surface area contributed by atoms with Crippen LogP contribution >= 0.6 is 0 Å². The third-order valence-electron chi connectivity index (χ3n) is 5.55. The fourth-order valence-corrected chi connectivity index (χ4v) is 4.22. The molecule has 1 aromatic carbocycles. The van der Waals surface area contributed by atoms with Crippen LogP contribution in [-0.2, 0) is 16.7 Å². The molecule has 24 heavy (non-hydrogen) atoms. The van der Waals surface area contributed by atoms with Crippen LogP contribution in [0.25, 0.3) is 0 Å². The van der Waals surface area contributed by atoms with Gasteiger partial charge >= 0.3 is 0 Å². The normalized spacial score (nSPS) is 32.8. The number of aromatic hydroxyl groups is 1. The van der Waals surface area contributed by atoms with Crippen LogP contribution < -0.4 is 0 Å². The van der Waals surface area contributed by atoms with Gasteiger partial charge in [0.2, 0.25) is 0 Å². The zero-order valence-electron chi connectivity index (χ0n) is 15.0. The molecule has 3 atom stereocenters. The number of hydrogen-bond acceptors (Lipinski definition) is 3. The smallest absolute Gasteiger partial charge is 0.115 e. The molecular weight excluding hydrogens is 302 g/mol. The molecule has 2 unspecified atom stereocenters. The van der Waals surface area contributed by atoms with Crippen molar-refractivity contribution in [2.24, 2.45) is 21.3 Å². The predicted octanol–water partition coefficient (Wildman–Crippen LogP) is 2.82. The van der Waals surface area contributed by atoms with Crippen LogP contribution in [0.1, 0.15) is 31.4 Å². The molecule has 0 saturated carbocycles. The van der Waals surface area contributed by atoms with E-state index in [0.717, 1.165) is 25.0 Å². The van der Waals surface area contributed by atoms with Crippen molar-refractivity contribution in [1.29, 1.82) is 0 Å². The largest absolute Gasteiger partial charge is 0.508 e. The summed E-state index contributed by atoms with van der Waals surface area (Å²) in [6.07, 6.45) is 5.40. The minimum absolute atomic E-state index is 0.152. The first-order valence-corrected chi connectivity index (χ1v) is 8.49. The molecule has 0 aromatic heterocycles. The van der Waals surface area contributed by atoms with Gasteiger partial charge in [-0.2, -0.15) is 0 Å². The number of rotatable bonds is 3. The fourth-order valence-electron chi connectivity index (χ4n) is 4.22. The molecule has 1 N–H and O–H groups in total. The van der Waals surface area contributed by atoms with Gasteiger partial charge in [-0.25, -0.2) is 4.99 Å². The highest BCUT2D eigenvalue weighted by molar-refractivity contribution is 5.71. The summed E-state index contributed by atoms with van der Waals surface area (Å²) in [5.74, 6) is 0.547. The van der Waals surface area contributed by atoms with E-state index >= 15 is 0 Å². The highest BCUT2D eigenvalue weighted by Gasteiger charge is 2.52. The number of phenols is 1. The molecule has 5 nitrogen and oxygen atoms in total. The molecule has 2 aliphatic rings. The average Bonchev–Trinajstić information content (AvgIpc) is 2.52. The van der Waals surface area contributed by atoms with Crippen LogP contribution in [0.2, 0.25) is 0 Å². The Balaban J connectivity index is 2.07. The van der Waals surface area contributed by atoms with Crippen molar-refractivity contribution in [2.75, 3.05) is 27.3 Å². The van der Waals surface area contributed by atoms with Crippen LogP contribution in [0.4, 0.5) is 0 Å². The number of aliphatic imine (C=N–C) groups is 2. The first kappa shape index (κ1) is 17.0. The zero-order valence-corrected chi connectivity index (χ0v) is 15.0. The summed E-state index contributed by atoms with van der Waals surface area (Å²) in [5.41, 5.74) is 2.06. The van der Waals surface area contributed by atoms with E-state index in [1.165, 1.54) is 5.56 Å². The number of phenolic OH excluding ortho intramolecular Hbond substituents is 1. The van der Waals surface area contributed by atoms with Crippen molar-refractivity contribution < 1.29 is 9.84 Å². The second-order valence-corrected chi connectivity index (χ2v) is 7.67. The molecule has 1 aliphatic carbocycles. The minimum Gasteiger partial charge on any atom is -0.508 e. The summed E-state index contributed by atoms with van der Waals surface area (Å²) in [4.78, 5) is 11.0. The van der Waals surface area contributed by atoms with Gasteiger partial charge in [0, 0.05) is 26.6 Å². The van der Waals surface area contributed by atoms with E-state index in [9.17, 15) is 5.11 Å². The Morgan fingerprint density at radius 3 is 2.88 bits per heavy atom. The van der Waals surface area contributed by atoms with Crippen molar-refractivity contribution in [2.45, 2.75) is 32.2 Å². The highest BCUT2D eigenvalue weighted by atomic mass is 16.5. The lowest BCUT2D eigenvalue weighted by molar-refractivity contribution is -0.0707. The maximum atomic E-state index is 10.0. The predicted molar refractivity (Wildman–Crippen MR) is 96.9 cm³/mol. The van der Waals surface area contributed by atoms with Gasteiger partial charge in [-0.3, -0.25) is 4.99 Å². The Kier molecular flexibility index (Phi) is 4.38. The molecule has 0 amide bonds. The van der Waals surface area contributed by atoms with Crippen LogP contribution in [0.3, 0.4) is 0 Å². The van der Waals surface area contributed by atoms with E-state index in [1.807, 2.05) is 31.1 Å². The SMILES string of the molecule is CN(C)C=NC=NC1(C)c2cc(O)ccc2C[C@]2(C)CCOCC12. The Labute approximate surface area is 144 Å². The third-order valence-corrected chi connectivity index (χ3v) is 5.55. The molecular formula is C19H27N3O2. The Bertz CT molecular complexity index is 671. The Morgan fingerprint density at radius 2 is 2.12 bits per heavy atom. The number of benzene rings is 1. The van der Waals surface area contributed by atoms with Gasteiger partial charge in [0.05, 0.1) is 18.5 Å². The van der Waals surface area contributed by atoms with E-state index in [0.29, 0.717) is 6.61 Å². The first-order chi connectivity index (χ1) is 11.3. The topological polar surface area (TPSA) is 57.4 Å². The lowest BCUT2D eigenvalue weighted by Gasteiger charge is -2.53. The number of ether oxygens (including phenoxy) is 1. The first-order valence-electron chi connectivity index (χ1n) is 8.49. The lowest BCUT2D eigenvalue weighted by atomic mass is 9.56. The summed E-state index contributed by atoms with van der Waals surface area (Å²) in [6, 6.07) is 5.67. The number of hydrogen-bond donors (Lipinski definition) is 1. The van der Waals surface area contributed by atoms with Gasteiger partial charge in [-0.05, 0) is 48.4 Å². The van der Waals surface area contributed by atoms with Crippen molar-refractivity contribution in [3.8, 4) is 5.75 Å². The van der Waals surface area contributed by atoms with Crippen molar-refractivity contribution in [1.82, 2.24) is 4.90 Å². The summed E-state index contributed by atoms with van der Waals surface area (Å²) in [7, 11) is 3.86. The third kappa shape index (κ3) is 2.93. The Morgan fingerprint density at radius 1 is 1.33 bits per heavy atom. The van der Waals surface area contributed by atoms with Gasteiger partial charge in [-0.1, -0.05) is 13.0 Å². The quantitative estimate of drug-likeness (QED) is 0.685. The molecule has 1 aliphatic heterocycles. The molecule has 1 aromatic rings. The average molecular weight is 329 g/mol. The second-order valence-electron chi connectivity index (χ2n) is 7.67. The lowest BCUT2D eigenvalue weighted by Crippen LogP contribution is -2.52. The summed E-state index contributed by atoms with van der Waals surface area (Å²) in [6.45, 7) is 5.98. The molecule has 0 bridgehead atoms. The highest BCUT2D eigenvalue weighted by Crippen LogP contribution is 2.54. The van der Waals surface area contributed by atoms with E-state index in [-0.39, 0.29) is 17.1 Å². The molecule has 3 rings (SSSR count). The van der Waals surface area contributed by atoms with Gasteiger partial charge in [0.1, 0.15) is 12.1 Å². The molecule has 0 spiro atoms. The van der Waals surface area contributed by atoms with E-state index in [2.05, 4.69) is 18.8 Å². The van der Waals surface area contributed by atoms with Crippen LogP contribution in [-0.4, -0.2) is 50.0 Å². The molecule has 1 saturated heterocycles. The summed E-state index contributed by atoms with van der Waals surface area (Å²) >= 11 is 0. The summed E-state index contributed by atoms with van der Waals surface area (Å²) < 4.78 is 5.81. The van der Waals surface area contributed by atoms with Crippen molar-refractivity contribution >= 4 is 12.7 Å². The van der Waals surface area contributed by atoms with Crippen LogP contribution in [0.5, 0.6) is 5.75 Å². The van der Waals surface area contributed by atoms with Crippen LogP contribution in [0.15, 0.2) is 28.2 Å². The molecule has 0 radical (unpaired) electrons. The molecule has 1 heterocycles. The summed E-state index contributed by atoms with van der Waals surface area (Å²) in [5, 5.41) is 10.0.